The van der Waals surface area contributed by atoms with Crippen molar-refractivity contribution in [3.05, 3.63) is 56.4 Å². The molecule has 2 fully saturated rings. The molecule has 0 bridgehead atoms. The number of aromatic hydroxyl groups is 1. The number of piperidine rings is 1. The molecule has 1 saturated carbocycles. The van der Waals surface area contributed by atoms with Crippen molar-refractivity contribution < 1.29 is 14.5 Å². The zero-order valence-electron chi connectivity index (χ0n) is 23.3. The topological polar surface area (TPSA) is 156 Å². The minimum Gasteiger partial charge on any atom is -0.477 e. The lowest BCUT2D eigenvalue weighted by atomic mass is 9.80. The molecule has 0 spiro atoms. The summed E-state index contributed by atoms with van der Waals surface area (Å²) < 4.78 is 2.98. The Morgan fingerprint density at radius 2 is 2.07 bits per heavy atom. The van der Waals surface area contributed by atoms with Crippen molar-refractivity contribution >= 4 is 62.9 Å². The molecule has 11 nitrogen and oxygen atoms in total. The van der Waals surface area contributed by atoms with Crippen LogP contribution < -0.4 is 31.8 Å². The summed E-state index contributed by atoms with van der Waals surface area (Å²) in [5.74, 6) is 0.116. The number of halogens is 1. The summed E-state index contributed by atoms with van der Waals surface area (Å²) in [7, 11) is 1.62. The van der Waals surface area contributed by atoms with E-state index in [2.05, 4.69) is 27.1 Å². The Labute approximate surface area is 255 Å². The molecule has 1 aliphatic carbocycles. The van der Waals surface area contributed by atoms with Gasteiger partial charge >= 0.3 is 16.4 Å². The van der Waals surface area contributed by atoms with Crippen LogP contribution >= 0.6 is 34.7 Å². The molecule has 0 unspecified atom stereocenters. The van der Waals surface area contributed by atoms with Crippen LogP contribution in [0.3, 0.4) is 0 Å². The lowest BCUT2D eigenvalue weighted by molar-refractivity contribution is -0.653. The van der Waals surface area contributed by atoms with Gasteiger partial charge in [-0.15, -0.1) is 0 Å². The average Bonchev–Trinajstić information content (AvgIpc) is 3.72. The lowest BCUT2D eigenvalue weighted by Gasteiger charge is -2.39. The van der Waals surface area contributed by atoms with E-state index in [4.69, 9.17) is 23.1 Å². The van der Waals surface area contributed by atoms with Gasteiger partial charge in [-0.1, -0.05) is 47.7 Å². The fourth-order valence-corrected chi connectivity index (χ4v) is 7.31. The highest BCUT2D eigenvalue weighted by Crippen LogP contribution is 2.41. The van der Waals surface area contributed by atoms with Gasteiger partial charge in [0.15, 0.2) is 5.82 Å². The predicted octanol–water partition coefficient (Wildman–Crippen LogP) is 3.76. The number of rotatable bonds is 7. The van der Waals surface area contributed by atoms with Gasteiger partial charge in [0.1, 0.15) is 16.5 Å². The number of aromatic nitrogens is 4. The van der Waals surface area contributed by atoms with E-state index in [-0.39, 0.29) is 33.4 Å². The Morgan fingerprint density at radius 3 is 2.74 bits per heavy atom. The van der Waals surface area contributed by atoms with Crippen molar-refractivity contribution in [2.24, 2.45) is 18.2 Å². The number of nitrogen functional groups attached to an aromatic ring is 1. The van der Waals surface area contributed by atoms with Crippen LogP contribution in [0, 0.1) is 5.41 Å². The Balaban J connectivity index is 1.22. The number of thiazole rings is 1. The third kappa shape index (κ3) is 5.19. The first-order chi connectivity index (χ1) is 20.1. The minimum absolute atomic E-state index is 0.142. The molecule has 4 heterocycles. The molecule has 1 aliphatic heterocycles. The summed E-state index contributed by atoms with van der Waals surface area (Å²) in [5, 5.41) is 16.2. The van der Waals surface area contributed by atoms with Gasteiger partial charge in [0.25, 0.3) is 5.91 Å². The number of nitrogens with two attached hydrogens (primary N) is 2. The number of anilines is 3. The molecule has 42 heavy (non-hydrogen) atoms. The summed E-state index contributed by atoms with van der Waals surface area (Å²) in [6, 6.07) is 5.13. The van der Waals surface area contributed by atoms with Crippen molar-refractivity contribution in [3.63, 3.8) is 0 Å². The number of carbonyl (C=O) groups is 1. The zero-order chi connectivity index (χ0) is 29.8. The molecule has 1 amide bonds. The quantitative estimate of drug-likeness (QED) is 0.224. The predicted molar refractivity (Wildman–Crippen MR) is 165 cm³/mol. The van der Waals surface area contributed by atoms with E-state index < -0.39 is 17.3 Å². The maximum absolute atomic E-state index is 13.4. The number of fused-ring (bicyclic) bond motifs is 1. The van der Waals surface area contributed by atoms with E-state index in [1.807, 2.05) is 5.38 Å². The van der Waals surface area contributed by atoms with Crippen LogP contribution in [0.15, 0.2) is 44.5 Å². The molecule has 1 saturated heterocycles. The van der Waals surface area contributed by atoms with Crippen LogP contribution in [0.4, 0.5) is 17.3 Å². The van der Waals surface area contributed by atoms with E-state index in [9.17, 15) is 14.7 Å². The first-order valence-electron chi connectivity index (χ1n) is 13.7. The van der Waals surface area contributed by atoms with Gasteiger partial charge in [0.2, 0.25) is 5.56 Å². The standard InChI is InChI=1S/C28H31ClN8O3S2/c1-28(14-30)8-10-36(11-9-28)19-12-32-24(22(31)34-19)42-18-5-3-4-16(21(18)29)33-23(38)20-25(39)35(2)27-37(26(20)40)17(13-41-27)15-6-7-15/h3-5,12-13,15H,6-11,14,30H2,1-2H3,(H3-,31,33,34,38,39,40)/p+1. The first kappa shape index (κ1) is 28.7. The molecule has 6 rings (SSSR count). The van der Waals surface area contributed by atoms with Crippen LogP contribution in [0.5, 0.6) is 5.88 Å². The fourth-order valence-electron chi connectivity index (χ4n) is 5.15. The highest BCUT2D eigenvalue weighted by molar-refractivity contribution is 7.99. The van der Waals surface area contributed by atoms with Crippen molar-refractivity contribution in [1.82, 2.24) is 14.4 Å². The summed E-state index contributed by atoms with van der Waals surface area (Å²) in [6.45, 7) is 4.53. The average molecular weight is 628 g/mol. The molecule has 2 aliphatic rings. The number of nitrogens with one attached hydrogen (secondary N) is 1. The van der Waals surface area contributed by atoms with Gasteiger partial charge in [0, 0.05) is 29.3 Å². The Hall–Kier alpha value is -3.39. The molecule has 0 atom stereocenters. The highest BCUT2D eigenvalue weighted by atomic mass is 35.5. The minimum atomic E-state index is -0.754. The second kappa shape index (κ2) is 11.0. The lowest BCUT2D eigenvalue weighted by Crippen LogP contribution is -2.42. The number of amides is 1. The summed E-state index contributed by atoms with van der Waals surface area (Å²) in [5.41, 5.74) is 12.6. The van der Waals surface area contributed by atoms with E-state index in [1.54, 1.807) is 31.4 Å². The number of hydrogen-bond donors (Lipinski definition) is 4. The van der Waals surface area contributed by atoms with Gasteiger partial charge in [0.05, 0.1) is 24.0 Å². The molecular weight excluding hydrogens is 596 g/mol. The molecule has 6 N–H and O–H groups in total. The van der Waals surface area contributed by atoms with Crippen molar-refractivity contribution in [2.45, 2.75) is 48.4 Å². The van der Waals surface area contributed by atoms with Crippen LogP contribution in [-0.2, 0) is 7.05 Å². The van der Waals surface area contributed by atoms with E-state index in [0.717, 1.165) is 50.3 Å². The molecule has 0 radical (unpaired) electrons. The number of nitrogens with zero attached hydrogens (tertiary/aromatic N) is 5. The summed E-state index contributed by atoms with van der Waals surface area (Å²) >= 11 is 9.29. The van der Waals surface area contributed by atoms with Gasteiger partial charge in [-0.05, 0) is 49.8 Å². The molecule has 3 aromatic heterocycles. The third-order valence-corrected chi connectivity index (χ3v) is 10.8. The van der Waals surface area contributed by atoms with Crippen LogP contribution in [0.2, 0.25) is 5.02 Å². The van der Waals surface area contributed by atoms with Crippen molar-refractivity contribution in [1.29, 1.82) is 0 Å². The second-order valence-corrected chi connectivity index (χ2v) is 13.5. The maximum atomic E-state index is 13.4. The van der Waals surface area contributed by atoms with E-state index in [1.165, 1.54) is 32.1 Å². The Bertz CT molecular complexity index is 1760. The van der Waals surface area contributed by atoms with Gasteiger partial charge < -0.3 is 26.8 Å². The van der Waals surface area contributed by atoms with Crippen LogP contribution in [0.25, 0.3) is 4.96 Å². The Kier molecular flexibility index (Phi) is 7.54. The van der Waals surface area contributed by atoms with Gasteiger partial charge in [-0.25, -0.2) is 14.8 Å². The largest absolute Gasteiger partial charge is 0.477 e. The molecule has 220 valence electrons. The maximum Gasteiger partial charge on any atom is 0.360 e. The number of benzene rings is 1. The van der Waals surface area contributed by atoms with Gasteiger partial charge in [-0.2, -0.15) is 8.97 Å². The Morgan fingerprint density at radius 1 is 1.33 bits per heavy atom. The van der Waals surface area contributed by atoms with Gasteiger partial charge in [-0.3, -0.25) is 4.79 Å². The monoisotopic (exact) mass is 627 g/mol. The van der Waals surface area contributed by atoms with Crippen molar-refractivity contribution in [3.8, 4) is 5.88 Å². The SMILES string of the molecule is C[n+]1c(O)c(C(=O)Nc2cccc(Sc3ncc(N4CCC(C)(CN)CC4)nc3N)c2Cl)c(=O)n2c(C3CC3)csc21. The van der Waals surface area contributed by atoms with E-state index >= 15 is 0 Å². The molecule has 4 aromatic rings. The highest BCUT2D eigenvalue weighted by Gasteiger charge is 2.36. The van der Waals surface area contributed by atoms with Crippen LogP contribution in [0.1, 0.15) is 54.6 Å². The smallest absolute Gasteiger partial charge is 0.360 e. The zero-order valence-corrected chi connectivity index (χ0v) is 25.7. The molecular formula is C28H32ClN8O3S2+. The summed E-state index contributed by atoms with van der Waals surface area (Å²) in [4.78, 5) is 39.3. The number of hydrogen-bond acceptors (Lipinski definition) is 10. The number of carbonyl (C=O) groups excluding carboxylic acids is 1. The van der Waals surface area contributed by atoms with Crippen LogP contribution in [-0.4, -0.2) is 45.0 Å². The second-order valence-electron chi connectivity index (χ2n) is 11.2. The first-order valence-corrected chi connectivity index (χ1v) is 15.8. The normalized spacial score (nSPS) is 16.6. The summed E-state index contributed by atoms with van der Waals surface area (Å²) in [6.07, 6.45) is 5.64. The van der Waals surface area contributed by atoms with Crippen molar-refractivity contribution in [2.75, 3.05) is 35.6 Å². The number of aryl methyl sites for hydroxylation is 1. The molecule has 1 aromatic carbocycles. The molecule has 14 heteroatoms. The third-order valence-electron chi connectivity index (χ3n) is 8.16. The van der Waals surface area contributed by atoms with E-state index in [0.29, 0.717) is 21.4 Å². The fraction of sp³-hybridized carbons (Fsp3) is 0.393.